The van der Waals surface area contributed by atoms with Gasteiger partial charge in [-0.1, -0.05) is 13.8 Å². The molecule has 0 spiro atoms. The molecule has 0 aliphatic carbocycles. The third-order valence-corrected chi connectivity index (χ3v) is 5.34. The Hall–Kier alpha value is -1.71. The molecule has 1 N–H and O–H groups in total. The zero-order valence-corrected chi connectivity index (χ0v) is 14.4. The van der Waals surface area contributed by atoms with Gasteiger partial charge in [-0.15, -0.1) is 0 Å². The van der Waals surface area contributed by atoms with Gasteiger partial charge < -0.3 is 15.1 Å². The molecule has 2 saturated heterocycles. The van der Waals surface area contributed by atoms with E-state index in [2.05, 4.69) is 36.2 Å². The zero-order chi connectivity index (χ0) is 16.2. The van der Waals surface area contributed by atoms with E-state index in [-0.39, 0.29) is 6.03 Å². The molecule has 0 atom stereocenters. The monoisotopic (exact) mass is 315 g/mol. The normalized spacial score (nSPS) is 20.6. The van der Waals surface area contributed by atoms with Gasteiger partial charge in [-0.05, 0) is 61.8 Å². The van der Waals surface area contributed by atoms with Crippen LogP contribution in [0, 0.1) is 11.8 Å². The number of carbonyl (C=O) groups is 1. The van der Waals surface area contributed by atoms with Crippen LogP contribution >= 0.6 is 0 Å². The van der Waals surface area contributed by atoms with Crippen LogP contribution in [0.4, 0.5) is 16.2 Å². The predicted molar refractivity (Wildman–Crippen MR) is 96.0 cm³/mol. The number of hydrogen-bond acceptors (Lipinski definition) is 2. The van der Waals surface area contributed by atoms with Gasteiger partial charge in [0, 0.05) is 37.6 Å². The van der Waals surface area contributed by atoms with Crippen LogP contribution in [0.2, 0.25) is 0 Å². The van der Waals surface area contributed by atoms with Crippen LogP contribution in [0.25, 0.3) is 0 Å². The molecule has 0 bridgehead atoms. The van der Waals surface area contributed by atoms with Gasteiger partial charge in [0.2, 0.25) is 0 Å². The second-order valence-electron chi connectivity index (χ2n) is 7.32. The summed E-state index contributed by atoms with van der Waals surface area (Å²) in [6.45, 7) is 8.61. The van der Waals surface area contributed by atoms with Crippen molar-refractivity contribution in [1.29, 1.82) is 0 Å². The van der Waals surface area contributed by atoms with E-state index in [9.17, 15) is 4.79 Å². The first-order valence-corrected chi connectivity index (χ1v) is 9.03. The number of benzene rings is 1. The van der Waals surface area contributed by atoms with E-state index in [0.29, 0.717) is 0 Å². The highest BCUT2D eigenvalue weighted by atomic mass is 16.2. The highest BCUT2D eigenvalue weighted by molar-refractivity contribution is 5.89. The first kappa shape index (κ1) is 16.2. The Bertz CT molecular complexity index is 512. The fraction of sp³-hybridized carbons (Fsp3) is 0.632. The van der Waals surface area contributed by atoms with Crippen LogP contribution in [0.3, 0.4) is 0 Å². The Balaban J connectivity index is 1.54. The van der Waals surface area contributed by atoms with Gasteiger partial charge in [-0.2, -0.15) is 0 Å². The van der Waals surface area contributed by atoms with Crippen molar-refractivity contribution in [1.82, 2.24) is 4.90 Å². The molecule has 2 heterocycles. The van der Waals surface area contributed by atoms with Crippen molar-refractivity contribution in [2.24, 2.45) is 11.8 Å². The number of nitrogens with zero attached hydrogens (tertiary/aromatic N) is 2. The lowest BCUT2D eigenvalue weighted by Crippen LogP contribution is -2.40. The summed E-state index contributed by atoms with van der Waals surface area (Å²) in [6, 6.07) is 8.35. The van der Waals surface area contributed by atoms with E-state index < -0.39 is 0 Å². The molecule has 4 nitrogen and oxygen atoms in total. The van der Waals surface area contributed by atoms with Crippen molar-refractivity contribution >= 4 is 17.4 Å². The fourth-order valence-corrected chi connectivity index (χ4v) is 3.44. The van der Waals surface area contributed by atoms with Gasteiger partial charge >= 0.3 is 6.03 Å². The Kier molecular flexibility index (Phi) is 5.09. The second kappa shape index (κ2) is 7.24. The number of nitrogens with one attached hydrogen (secondary N) is 1. The lowest BCUT2D eigenvalue weighted by Gasteiger charge is -2.32. The van der Waals surface area contributed by atoms with Gasteiger partial charge in [0.1, 0.15) is 0 Å². The third kappa shape index (κ3) is 4.18. The molecular formula is C19H29N3O. The van der Waals surface area contributed by atoms with Crippen molar-refractivity contribution in [3.8, 4) is 0 Å². The number of carbonyl (C=O) groups excluding carboxylic acids is 1. The smallest absolute Gasteiger partial charge is 0.321 e. The van der Waals surface area contributed by atoms with E-state index in [4.69, 9.17) is 0 Å². The molecule has 3 rings (SSSR count). The molecule has 126 valence electrons. The molecule has 0 radical (unpaired) electrons. The van der Waals surface area contributed by atoms with E-state index in [1.807, 2.05) is 17.0 Å². The number of anilines is 2. The van der Waals surface area contributed by atoms with Crippen molar-refractivity contribution < 1.29 is 4.79 Å². The summed E-state index contributed by atoms with van der Waals surface area (Å²) >= 11 is 0. The van der Waals surface area contributed by atoms with Crippen molar-refractivity contribution in [2.75, 3.05) is 36.4 Å². The summed E-state index contributed by atoms with van der Waals surface area (Å²) in [4.78, 5) is 16.7. The van der Waals surface area contributed by atoms with Crippen LogP contribution < -0.4 is 10.2 Å². The standard InChI is InChI=1S/C19H29N3O/c1-15-7-11-21(12-8-15)18-5-3-17(4-6-18)20-19(23)22-13-9-16(2)10-14-22/h3-6,15-16H,7-14H2,1-2H3,(H,20,23). The molecular weight excluding hydrogens is 286 g/mol. The molecule has 0 saturated carbocycles. The molecule has 1 aromatic rings. The quantitative estimate of drug-likeness (QED) is 0.888. The Morgan fingerprint density at radius 3 is 2.00 bits per heavy atom. The summed E-state index contributed by atoms with van der Waals surface area (Å²) < 4.78 is 0. The number of rotatable bonds is 2. The van der Waals surface area contributed by atoms with E-state index in [1.165, 1.54) is 18.5 Å². The SMILES string of the molecule is CC1CCN(C(=O)Nc2ccc(N3CCC(C)CC3)cc2)CC1. The number of likely N-dealkylation sites (tertiary alicyclic amines) is 1. The summed E-state index contributed by atoms with van der Waals surface area (Å²) in [5, 5.41) is 3.03. The highest BCUT2D eigenvalue weighted by Crippen LogP contribution is 2.24. The molecule has 23 heavy (non-hydrogen) atoms. The highest BCUT2D eigenvalue weighted by Gasteiger charge is 2.20. The Labute approximate surface area is 139 Å². The Morgan fingerprint density at radius 2 is 1.43 bits per heavy atom. The molecule has 2 aliphatic rings. The summed E-state index contributed by atoms with van der Waals surface area (Å²) in [7, 11) is 0. The second-order valence-corrected chi connectivity index (χ2v) is 7.32. The maximum atomic E-state index is 12.3. The predicted octanol–water partition coefficient (Wildman–Crippen LogP) is 4.19. The minimum atomic E-state index is 0.0384. The topological polar surface area (TPSA) is 35.6 Å². The van der Waals surface area contributed by atoms with Crippen LogP contribution in [0.5, 0.6) is 0 Å². The molecule has 1 aromatic carbocycles. The van der Waals surface area contributed by atoms with E-state index in [1.54, 1.807) is 0 Å². The summed E-state index contributed by atoms with van der Waals surface area (Å²) in [5.41, 5.74) is 2.16. The van der Waals surface area contributed by atoms with Gasteiger partial charge in [-0.3, -0.25) is 0 Å². The maximum absolute atomic E-state index is 12.3. The summed E-state index contributed by atoms with van der Waals surface area (Å²) in [6.07, 6.45) is 4.76. The first-order valence-electron chi connectivity index (χ1n) is 9.03. The Morgan fingerprint density at radius 1 is 0.913 bits per heavy atom. The van der Waals surface area contributed by atoms with E-state index >= 15 is 0 Å². The van der Waals surface area contributed by atoms with Crippen LogP contribution in [0.15, 0.2) is 24.3 Å². The van der Waals surface area contributed by atoms with Crippen LogP contribution in [-0.4, -0.2) is 37.1 Å². The molecule has 0 unspecified atom stereocenters. The first-order chi connectivity index (χ1) is 11.1. The molecule has 4 heteroatoms. The van der Waals surface area contributed by atoms with Crippen LogP contribution in [0.1, 0.15) is 39.5 Å². The number of amides is 2. The zero-order valence-electron chi connectivity index (χ0n) is 14.4. The fourth-order valence-electron chi connectivity index (χ4n) is 3.44. The van der Waals surface area contributed by atoms with Gasteiger partial charge in [-0.25, -0.2) is 4.79 Å². The molecule has 2 fully saturated rings. The molecule has 2 amide bonds. The van der Waals surface area contributed by atoms with Gasteiger partial charge in [0.05, 0.1) is 0 Å². The summed E-state index contributed by atoms with van der Waals surface area (Å²) in [5.74, 6) is 1.59. The van der Waals surface area contributed by atoms with Crippen molar-refractivity contribution in [3.63, 3.8) is 0 Å². The van der Waals surface area contributed by atoms with Crippen LogP contribution in [-0.2, 0) is 0 Å². The molecule has 2 aliphatic heterocycles. The van der Waals surface area contributed by atoms with Crippen molar-refractivity contribution in [2.45, 2.75) is 39.5 Å². The maximum Gasteiger partial charge on any atom is 0.321 e. The number of urea groups is 1. The lowest BCUT2D eigenvalue weighted by atomic mass is 9.99. The van der Waals surface area contributed by atoms with Crippen molar-refractivity contribution in [3.05, 3.63) is 24.3 Å². The minimum absolute atomic E-state index is 0.0384. The van der Waals surface area contributed by atoms with Gasteiger partial charge in [0.25, 0.3) is 0 Å². The third-order valence-electron chi connectivity index (χ3n) is 5.34. The van der Waals surface area contributed by atoms with Gasteiger partial charge in [0.15, 0.2) is 0 Å². The average molecular weight is 315 g/mol. The molecule has 0 aromatic heterocycles. The average Bonchev–Trinajstić information content (AvgIpc) is 2.57. The number of hydrogen-bond donors (Lipinski definition) is 1. The number of piperidine rings is 2. The largest absolute Gasteiger partial charge is 0.372 e. The van der Waals surface area contributed by atoms with E-state index in [0.717, 1.165) is 56.5 Å². The lowest BCUT2D eigenvalue weighted by molar-refractivity contribution is 0.186. The minimum Gasteiger partial charge on any atom is -0.372 e.